The highest BCUT2D eigenvalue weighted by molar-refractivity contribution is 5.90. The molecule has 0 spiro atoms. The Labute approximate surface area is 89.1 Å². The number of hydrogen-bond acceptors (Lipinski definition) is 3. The number of ether oxygens (including phenoxy) is 1. The van der Waals surface area contributed by atoms with Gasteiger partial charge in [-0.2, -0.15) is 0 Å². The first-order valence-electron chi connectivity index (χ1n) is 4.93. The molecule has 0 saturated carbocycles. The summed E-state index contributed by atoms with van der Waals surface area (Å²) >= 11 is 0. The molecular formula is C9H18N4O2. The maximum Gasteiger partial charge on any atom is 0.315 e. The Bertz CT molecular complexity index is 259. The Morgan fingerprint density at radius 1 is 1.60 bits per heavy atom. The molecule has 0 aromatic heterocycles. The molecule has 0 aliphatic carbocycles. The number of rotatable bonds is 3. The van der Waals surface area contributed by atoms with Crippen LogP contribution in [0.3, 0.4) is 0 Å². The lowest BCUT2D eigenvalue weighted by molar-refractivity contribution is 0.188. The van der Waals surface area contributed by atoms with E-state index in [2.05, 4.69) is 10.6 Å². The number of nitrogens with one attached hydrogen (secondary N) is 3. The summed E-state index contributed by atoms with van der Waals surface area (Å²) in [6.07, 6.45) is 0.827. The summed E-state index contributed by atoms with van der Waals surface area (Å²) in [5.41, 5.74) is 4.53. The molecule has 0 aromatic rings. The fourth-order valence-electron chi connectivity index (χ4n) is 1.22. The third-order valence-corrected chi connectivity index (χ3v) is 2.36. The Morgan fingerprint density at radius 3 is 2.73 bits per heavy atom. The third-order valence-electron chi connectivity index (χ3n) is 2.36. The minimum absolute atomic E-state index is 0.0627. The zero-order valence-corrected chi connectivity index (χ0v) is 9.09. The van der Waals surface area contributed by atoms with Crippen molar-refractivity contribution in [1.29, 1.82) is 5.41 Å². The topological polar surface area (TPSA) is 100 Å². The van der Waals surface area contributed by atoms with Gasteiger partial charge < -0.3 is 21.1 Å². The molecule has 6 nitrogen and oxygen atoms in total. The van der Waals surface area contributed by atoms with Crippen LogP contribution < -0.4 is 16.4 Å². The molecule has 1 rings (SSSR count). The van der Waals surface area contributed by atoms with E-state index in [4.69, 9.17) is 15.9 Å². The Morgan fingerprint density at radius 2 is 2.27 bits per heavy atom. The lowest BCUT2D eigenvalue weighted by Crippen LogP contribution is -2.56. The molecule has 0 aromatic carbocycles. The summed E-state index contributed by atoms with van der Waals surface area (Å²) in [7, 11) is 0. The second-order valence-corrected chi connectivity index (χ2v) is 4.20. The molecule has 1 aliphatic rings. The smallest absolute Gasteiger partial charge is 0.315 e. The van der Waals surface area contributed by atoms with Crippen molar-refractivity contribution < 1.29 is 9.53 Å². The van der Waals surface area contributed by atoms with Gasteiger partial charge in [0.15, 0.2) is 0 Å². The zero-order chi connectivity index (χ0) is 11.5. The Balaban J connectivity index is 2.38. The van der Waals surface area contributed by atoms with Crippen molar-refractivity contribution in [2.24, 2.45) is 5.73 Å². The quantitative estimate of drug-likeness (QED) is 0.386. The normalized spacial score (nSPS) is 21.1. The van der Waals surface area contributed by atoms with Crippen LogP contribution in [0.1, 0.15) is 20.3 Å². The average molecular weight is 214 g/mol. The average Bonchev–Trinajstić information content (AvgIpc) is 2.54. The molecular weight excluding hydrogens is 196 g/mol. The summed E-state index contributed by atoms with van der Waals surface area (Å²) in [6, 6.07) is -0.251. The number of carbonyl (C=O) groups excluding carboxylic acids is 1. The van der Waals surface area contributed by atoms with Crippen molar-refractivity contribution in [3.8, 4) is 0 Å². The summed E-state index contributed by atoms with van der Waals surface area (Å²) in [4.78, 5) is 11.5. The second kappa shape index (κ2) is 4.48. The van der Waals surface area contributed by atoms with E-state index in [0.717, 1.165) is 6.42 Å². The molecule has 0 bridgehead atoms. The molecule has 6 heteroatoms. The fraction of sp³-hybridized carbons (Fsp3) is 0.778. The summed E-state index contributed by atoms with van der Waals surface area (Å²) in [5.74, 6) is -0.0691. The molecule has 1 unspecified atom stereocenters. The number of urea groups is 1. The highest BCUT2D eigenvalue weighted by atomic mass is 16.5. The van der Waals surface area contributed by atoms with Crippen LogP contribution in [-0.2, 0) is 4.74 Å². The minimum atomic E-state index is -0.816. The van der Waals surface area contributed by atoms with Gasteiger partial charge in [-0.05, 0) is 20.3 Å². The first kappa shape index (κ1) is 11.8. The zero-order valence-electron chi connectivity index (χ0n) is 9.09. The van der Waals surface area contributed by atoms with E-state index in [9.17, 15) is 4.79 Å². The predicted octanol–water partition coefficient (Wildman–Crippen LogP) is -0.211. The van der Waals surface area contributed by atoms with E-state index in [-0.39, 0.29) is 17.9 Å². The van der Waals surface area contributed by atoms with Crippen LogP contribution in [0.2, 0.25) is 0 Å². The van der Waals surface area contributed by atoms with Crippen molar-refractivity contribution in [1.82, 2.24) is 10.6 Å². The van der Waals surface area contributed by atoms with Gasteiger partial charge in [0.25, 0.3) is 0 Å². The summed E-state index contributed by atoms with van der Waals surface area (Å²) < 4.78 is 5.13. The van der Waals surface area contributed by atoms with Gasteiger partial charge in [0.05, 0.1) is 18.2 Å². The van der Waals surface area contributed by atoms with Gasteiger partial charge in [-0.15, -0.1) is 0 Å². The number of amidine groups is 1. The van der Waals surface area contributed by atoms with Gasteiger partial charge in [0.2, 0.25) is 0 Å². The predicted molar refractivity (Wildman–Crippen MR) is 56.9 cm³/mol. The number of nitrogens with two attached hydrogens (primary N) is 1. The molecule has 1 aliphatic heterocycles. The van der Waals surface area contributed by atoms with Crippen molar-refractivity contribution >= 4 is 11.9 Å². The van der Waals surface area contributed by atoms with Crippen LogP contribution >= 0.6 is 0 Å². The lowest BCUT2D eigenvalue weighted by atomic mass is 10.1. The minimum Gasteiger partial charge on any atom is -0.386 e. The van der Waals surface area contributed by atoms with E-state index in [1.807, 2.05) is 0 Å². The van der Waals surface area contributed by atoms with E-state index < -0.39 is 5.54 Å². The van der Waals surface area contributed by atoms with Gasteiger partial charge in [0.1, 0.15) is 5.84 Å². The van der Waals surface area contributed by atoms with E-state index in [0.29, 0.717) is 13.2 Å². The van der Waals surface area contributed by atoms with E-state index in [1.54, 1.807) is 13.8 Å². The van der Waals surface area contributed by atoms with Gasteiger partial charge in [-0.1, -0.05) is 0 Å². The monoisotopic (exact) mass is 214 g/mol. The largest absolute Gasteiger partial charge is 0.386 e. The Kier molecular flexibility index (Phi) is 3.52. The third kappa shape index (κ3) is 3.39. The molecule has 15 heavy (non-hydrogen) atoms. The van der Waals surface area contributed by atoms with Gasteiger partial charge in [-0.3, -0.25) is 5.41 Å². The van der Waals surface area contributed by atoms with Crippen molar-refractivity contribution in [3.05, 3.63) is 0 Å². The van der Waals surface area contributed by atoms with Crippen LogP contribution in [0.5, 0.6) is 0 Å². The van der Waals surface area contributed by atoms with Crippen molar-refractivity contribution in [3.63, 3.8) is 0 Å². The summed E-state index contributed by atoms with van der Waals surface area (Å²) in [6.45, 7) is 4.59. The number of hydrogen-bond donors (Lipinski definition) is 4. The van der Waals surface area contributed by atoms with Gasteiger partial charge in [0, 0.05) is 6.61 Å². The molecule has 1 fully saturated rings. The lowest BCUT2D eigenvalue weighted by Gasteiger charge is -2.25. The molecule has 0 radical (unpaired) electrons. The van der Waals surface area contributed by atoms with Crippen LogP contribution in [-0.4, -0.2) is 36.7 Å². The second-order valence-electron chi connectivity index (χ2n) is 4.20. The van der Waals surface area contributed by atoms with Gasteiger partial charge in [-0.25, -0.2) is 4.79 Å². The fourth-order valence-corrected chi connectivity index (χ4v) is 1.22. The highest BCUT2D eigenvalue weighted by Crippen LogP contribution is 2.04. The molecule has 1 heterocycles. The Hall–Kier alpha value is -1.30. The molecule has 1 atom stereocenters. The molecule has 1 saturated heterocycles. The summed E-state index contributed by atoms with van der Waals surface area (Å²) in [5, 5.41) is 12.7. The first-order chi connectivity index (χ1) is 6.92. The van der Waals surface area contributed by atoms with Crippen LogP contribution in [0.4, 0.5) is 4.79 Å². The first-order valence-corrected chi connectivity index (χ1v) is 4.93. The van der Waals surface area contributed by atoms with Crippen LogP contribution in [0.15, 0.2) is 0 Å². The van der Waals surface area contributed by atoms with Crippen LogP contribution in [0.25, 0.3) is 0 Å². The standard InChI is InChI=1S/C9H18N4O2/c1-9(2,7(10)11)13-8(14)12-6-3-4-15-5-6/h6H,3-5H2,1-2H3,(H3,10,11)(H2,12,13,14). The van der Waals surface area contributed by atoms with Crippen LogP contribution in [0, 0.1) is 5.41 Å². The van der Waals surface area contributed by atoms with E-state index in [1.165, 1.54) is 0 Å². The molecule has 5 N–H and O–H groups in total. The molecule has 86 valence electrons. The maximum absolute atomic E-state index is 11.5. The molecule has 2 amide bonds. The van der Waals surface area contributed by atoms with E-state index >= 15 is 0 Å². The number of amides is 2. The van der Waals surface area contributed by atoms with Gasteiger partial charge >= 0.3 is 6.03 Å². The maximum atomic E-state index is 11.5. The SMILES string of the molecule is CC(C)(NC(=O)NC1CCOC1)C(=N)N. The number of carbonyl (C=O) groups is 1. The van der Waals surface area contributed by atoms with Crippen molar-refractivity contribution in [2.45, 2.75) is 31.8 Å². The van der Waals surface area contributed by atoms with Crippen molar-refractivity contribution in [2.75, 3.05) is 13.2 Å². The highest BCUT2D eigenvalue weighted by Gasteiger charge is 2.25.